The molecule has 0 bridgehead atoms. The maximum atomic E-state index is 16.9. The molecule has 0 aliphatic heterocycles. The van der Waals surface area contributed by atoms with Crippen molar-refractivity contribution in [3.63, 3.8) is 0 Å². The van der Waals surface area contributed by atoms with Crippen LogP contribution in [0.4, 0.5) is 8.50 Å². The molecule has 176 valence electrons. The predicted molar refractivity (Wildman–Crippen MR) is 130 cm³/mol. The van der Waals surface area contributed by atoms with Gasteiger partial charge in [-0.25, -0.2) is 4.39 Å². The molecule has 3 unspecified atom stereocenters. The van der Waals surface area contributed by atoms with Crippen molar-refractivity contribution in [1.82, 2.24) is 0 Å². The summed E-state index contributed by atoms with van der Waals surface area (Å²) >= 11 is 0. The lowest BCUT2D eigenvalue weighted by atomic mass is 9.84. The quantitative estimate of drug-likeness (QED) is 0.349. The van der Waals surface area contributed by atoms with Crippen LogP contribution in [0.5, 0.6) is 0 Å². The molecule has 3 aromatic carbocycles. The lowest BCUT2D eigenvalue weighted by Gasteiger charge is -2.41. The summed E-state index contributed by atoms with van der Waals surface area (Å²) in [6.07, 6.45) is -3.53. The standard InChI is InChI=1S/C27H32F2O3Si/c1-27(2,3)26(25(30)24(19-28)31-20-21-13-7-4-8-14-21)32-33(29,22-15-9-5-10-16-22)23-17-11-6-12-18-23/h4-18,24-26,30H,19-20H2,1-3H3. The zero-order valence-electron chi connectivity index (χ0n) is 19.3. The molecule has 1 N–H and O–H groups in total. The zero-order valence-corrected chi connectivity index (χ0v) is 20.3. The molecule has 0 aliphatic carbocycles. The van der Waals surface area contributed by atoms with Crippen LogP contribution in [-0.4, -0.2) is 38.7 Å². The van der Waals surface area contributed by atoms with Crippen molar-refractivity contribution in [3.8, 4) is 0 Å². The van der Waals surface area contributed by atoms with Crippen LogP contribution < -0.4 is 10.4 Å². The average molecular weight is 471 g/mol. The predicted octanol–water partition coefficient (Wildman–Crippen LogP) is 4.56. The fraction of sp³-hybridized carbons (Fsp3) is 0.333. The van der Waals surface area contributed by atoms with Crippen LogP contribution in [0.1, 0.15) is 26.3 Å². The van der Waals surface area contributed by atoms with Crippen molar-refractivity contribution in [2.45, 2.75) is 45.7 Å². The lowest BCUT2D eigenvalue weighted by Crippen LogP contribution is -2.63. The number of benzene rings is 3. The van der Waals surface area contributed by atoms with Gasteiger partial charge in [-0.05, 0) is 11.0 Å². The van der Waals surface area contributed by atoms with Crippen LogP contribution in [0.2, 0.25) is 0 Å². The van der Waals surface area contributed by atoms with E-state index in [1.807, 2.05) is 63.2 Å². The van der Waals surface area contributed by atoms with Gasteiger partial charge in [0.05, 0.1) is 12.7 Å². The normalized spacial score (nSPS) is 15.1. The van der Waals surface area contributed by atoms with E-state index >= 15 is 4.11 Å². The Morgan fingerprint density at radius 2 is 1.27 bits per heavy atom. The fourth-order valence-electron chi connectivity index (χ4n) is 3.75. The summed E-state index contributed by atoms with van der Waals surface area (Å²) in [5.41, 5.74) is 0.177. The zero-order chi connectivity index (χ0) is 23.9. The molecule has 33 heavy (non-hydrogen) atoms. The van der Waals surface area contributed by atoms with Crippen LogP contribution in [0, 0.1) is 5.41 Å². The van der Waals surface area contributed by atoms with Crippen molar-refractivity contribution in [2.24, 2.45) is 5.41 Å². The number of halogens is 2. The highest BCUT2D eigenvalue weighted by molar-refractivity contribution is 6.92. The van der Waals surface area contributed by atoms with E-state index in [1.54, 1.807) is 48.5 Å². The molecule has 0 saturated carbocycles. The van der Waals surface area contributed by atoms with E-state index < -0.39 is 39.1 Å². The molecule has 0 radical (unpaired) electrons. The van der Waals surface area contributed by atoms with Crippen LogP contribution in [0.15, 0.2) is 91.0 Å². The summed E-state index contributed by atoms with van der Waals surface area (Å²) in [5.74, 6) is 0. The smallest absolute Gasteiger partial charge is 0.388 e. The molecular weight excluding hydrogens is 438 g/mol. The topological polar surface area (TPSA) is 38.7 Å². The summed E-state index contributed by atoms with van der Waals surface area (Å²) in [7, 11) is -4.22. The van der Waals surface area contributed by atoms with Gasteiger partial charge < -0.3 is 14.3 Å². The minimum absolute atomic E-state index is 0.138. The monoisotopic (exact) mass is 470 g/mol. The van der Waals surface area contributed by atoms with Gasteiger partial charge in [-0.3, -0.25) is 4.11 Å². The number of aliphatic hydroxyl groups is 1. The van der Waals surface area contributed by atoms with Gasteiger partial charge >= 0.3 is 8.65 Å². The molecule has 0 saturated heterocycles. The molecule has 0 aromatic heterocycles. The second kappa shape index (κ2) is 11.2. The van der Waals surface area contributed by atoms with Gasteiger partial charge in [0.25, 0.3) is 0 Å². The van der Waals surface area contributed by atoms with Gasteiger partial charge in [0.1, 0.15) is 18.9 Å². The van der Waals surface area contributed by atoms with Gasteiger partial charge in [0.2, 0.25) is 0 Å². The maximum absolute atomic E-state index is 16.9. The van der Waals surface area contributed by atoms with Gasteiger partial charge in [-0.2, -0.15) is 0 Å². The molecule has 0 fully saturated rings. The Labute approximate surface area is 196 Å². The van der Waals surface area contributed by atoms with E-state index in [9.17, 15) is 9.50 Å². The Hall–Kier alpha value is -2.38. The molecule has 3 aromatic rings. The third-order valence-electron chi connectivity index (χ3n) is 5.58. The largest absolute Gasteiger partial charge is 0.449 e. The Kier molecular flexibility index (Phi) is 8.54. The molecule has 0 amide bonds. The van der Waals surface area contributed by atoms with E-state index in [4.69, 9.17) is 9.16 Å². The maximum Gasteiger partial charge on any atom is 0.449 e. The number of rotatable bonds is 10. The van der Waals surface area contributed by atoms with Crippen molar-refractivity contribution < 1.29 is 22.8 Å². The first-order chi connectivity index (χ1) is 15.8. The summed E-state index contributed by atoms with van der Waals surface area (Å²) in [6, 6.07) is 26.8. The van der Waals surface area contributed by atoms with E-state index in [2.05, 4.69) is 0 Å². The third kappa shape index (κ3) is 6.36. The molecule has 0 aliphatic rings. The van der Waals surface area contributed by atoms with Crippen molar-refractivity contribution in [2.75, 3.05) is 6.67 Å². The summed E-state index contributed by atoms with van der Waals surface area (Å²) in [6.45, 7) is 4.76. The molecule has 3 nitrogen and oxygen atoms in total. The SMILES string of the molecule is CC(C)(C)C(O[Si](F)(c1ccccc1)c1ccccc1)C(O)C(CF)OCc1ccccc1. The summed E-state index contributed by atoms with van der Waals surface area (Å²) < 4.78 is 42.9. The van der Waals surface area contributed by atoms with Crippen molar-refractivity contribution in [1.29, 1.82) is 0 Å². The highest BCUT2D eigenvalue weighted by Gasteiger charge is 2.49. The van der Waals surface area contributed by atoms with E-state index in [0.29, 0.717) is 10.4 Å². The van der Waals surface area contributed by atoms with E-state index in [1.165, 1.54) is 0 Å². The van der Waals surface area contributed by atoms with Crippen molar-refractivity contribution in [3.05, 3.63) is 96.6 Å². The average Bonchev–Trinajstić information content (AvgIpc) is 2.83. The summed E-state index contributed by atoms with van der Waals surface area (Å²) in [4.78, 5) is 0. The Morgan fingerprint density at radius 3 is 1.70 bits per heavy atom. The lowest BCUT2D eigenvalue weighted by molar-refractivity contribution is -0.124. The van der Waals surface area contributed by atoms with Crippen LogP contribution >= 0.6 is 0 Å². The summed E-state index contributed by atoms with van der Waals surface area (Å²) in [5, 5.41) is 12.1. The fourth-order valence-corrected chi connectivity index (χ4v) is 6.44. The second-order valence-corrected chi connectivity index (χ2v) is 11.8. The van der Waals surface area contributed by atoms with Crippen LogP contribution in [0.25, 0.3) is 0 Å². The first kappa shape index (κ1) is 25.2. The number of ether oxygens (including phenoxy) is 1. The molecular formula is C27H32F2O3Si. The number of hydrogen-bond acceptors (Lipinski definition) is 3. The van der Waals surface area contributed by atoms with Gasteiger partial charge in [0, 0.05) is 10.4 Å². The Bertz CT molecular complexity index is 925. The third-order valence-corrected chi connectivity index (χ3v) is 8.31. The number of hydrogen-bond donors (Lipinski definition) is 1. The van der Waals surface area contributed by atoms with Gasteiger partial charge in [0.15, 0.2) is 0 Å². The van der Waals surface area contributed by atoms with Gasteiger partial charge in [-0.1, -0.05) is 112 Å². The van der Waals surface area contributed by atoms with E-state index in [-0.39, 0.29) is 6.61 Å². The Morgan fingerprint density at radius 1 is 0.818 bits per heavy atom. The Balaban J connectivity index is 1.91. The second-order valence-electron chi connectivity index (χ2n) is 9.21. The molecule has 0 spiro atoms. The first-order valence-electron chi connectivity index (χ1n) is 11.1. The molecule has 0 heterocycles. The minimum Gasteiger partial charge on any atom is -0.388 e. The van der Waals surface area contributed by atoms with Crippen LogP contribution in [0.3, 0.4) is 0 Å². The highest BCUT2D eigenvalue weighted by Crippen LogP contribution is 2.31. The minimum atomic E-state index is -4.22. The molecule has 6 heteroatoms. The first-order valence-corrected chi connectivity index (χ1v) is 12.9. The van der Waals surface area contributed by atoms with Crippen molar-refractivity contribution >= 4 is 19.0 Å². The number of alkyl halides is 1. The van der Waals surface area contributed by atoms with Gasteiger partial charge in [-0.15, -0.1) is 0 Å². The highest BCUT2D eigenvalue weighted by atomic mass is 28.4. The molecule has 3 atom stereocenters. The number of aliphatic hydroxyl groups excluding tert-OH is 1. The van der Waals surface area contributed by atoms with Crippen LogP contribution in [-0.2, 0) is 15.8 Å². The molecule has 3 rings (SSSR count). The van der Waals surface area contributed by atoms with E-state index in [0.717, 1.165) is 5.56 Å².